The molecule has 0 aliphatic heterocycles. The molecule has 0 heterocycles. The second-order valence-corrected chi connectivity index (χ2v) is 6.78. The van der Waals surface area contributed by atoms with Gasteiger partial charge in [-0.3, -0.25) is 9.59 Å². The van der Waals surface area contributed by atoms with Gasteiger partial charge < -0.3 is 14.8 Å². The summed E-state index contributed by atoms with van der Waals surface area (Å²) in [5, 5.41) is 2.76. The van der Waals surface area contributed by atoms with Gasteiger partial charge in [-0.05, 0) is 36.8 Å². The number of thioether (sulfide) groups is 1. The van der Waals surface area contributed by atoms with E-state index >= 15 is 0 Å². The molecule has 1 N–H and O–H groups in total. The highest BCUT2D eigenvalue weighted by molar-refractivity contribution is 7.99. The summed E-state index contributed by atoms with van der Waals surface area (Å²) >= 11 is 1.58. The number of hydrogen-bond acceptors (Lipinski definition) is 5. The second-order valence-electron chi connectivity index (χ2n) is 5.61. The first-order valence-electron chi connectivity index (χ1n) is 8.36. The molecule has 0 radical (unpaired) electrons. The lowest BCUT2D eigenvalue weighted by atomic mass is 10.2. The Balaban J connectivity index is 1.67. The first-order valence-corrected chi connectivity index (χ1v) is 9.35. The molecule has 5 nitrogen and oxygen atoms in total. The fourth-order valence-electron chi connectivity index (χ4n) is 2.15. The van der Waals surface area contributed by atoms with Crippen LogP contribution in [0.4, 0.5) is 0 Å². The normalized spacial score (nSPS) is 11.5. The maximum atomic E-state index is 12.1. The molecule has 0 bridgehead atoms. The molecule has 26 heavy (non-hydrogen) atoms. The van der Waals surface area contributed by atoms with Crippen LogP contribution in [0.5, 0.6) is 5.75 Å². The highest BCUT2D eigenvalue weighted by atomic mass is 32.2. The minimum absolute atomic E-state index is 0.260. The predicted octanol–water partition coefficient (Wildman–Crippen LogP) is 3.43. The third kappa shape index (κ3) is 6.80. The molecule has 0 saturated carbocycles. The Morgan fingerprint density at radius 2 is 1.77 bits per heavy atom. The maximum Gasteiger partial charge on any atom is 0.307 e. The lowest BCUT2D eigenvalue weighted by Crippen LogP contribution is -2.35. The van der Waals surface area contributed by atoms with Crippen LogP contribution < -0.4 is 10.1 Å². The Morgan fingerprint density at radius 1 is 1.08 bits per heavy atom. The average Bonchev–Trinajstić information content (AvgIpc) is 2.67. The topological polar surface area (TPSA) is 64.6 Å². The Hall–Kier alpha value is -2.47. The third-order valence-electron chi connectivity index (χ3n) is 3.62. The van der Waals surface area contributed by atoms with Gasteiger partial charge in [0.25, 0.3) is 5.91 Å². The molecule has 0 fully saturated rings. The lowest BCUT2D eigenvalue weighted by Gasteiger charge is -2.13. The van der Waals surface area contributed by atoms with E-state index in [1.807, 2.05) is 54.6 Å². The molecule has 2 rings (SSSR count). The lowest BCUT2D eigenvalue weighted by molar-refractivity contribution is -0.154. The zero-order valence-corrected chi connectivity index (χ0v) is 15.8. The van der Waals surface area contributed by atoms with Crippen molar-refractivity contribution in [3.63, 3.8) is 0 Å². The largest absolute Gasteiger partial charge is 0.497 e. The zero-order valence-electron chi connectivity index (χ0n) is 14.9. The van der Waals surface area contributed by atoms with Crippen LogP contribution in [0.3, 0.4) is 0 Å². The molecule has 6 heteroatoms. The quantitative estimate of drug-likeness (QED) is 0.539. The van der Waals surface area contributed by atoms with Crippen LogP contribution in [-0.2, 0) is 20.9 Å². The molecule has 1 amide bonds. The Kier molecular flexibility index (Phi) is 8.02. The van der Waals surface area contributed by atoms with Gasteiger partial charge in [-0.25, -0.2) is 0 Å². The van der Waals surface area contributed by atoms with Crippen LogP contribution in [0.25, 0.3) is 0 Å². The summed E-state index contributed by atoms with van der Waals surface area (Å²) in [5.41, 5.74) is 0.942. The van der Waals surface area contributed by atoms with Crippen molar-refractivity contribution in [3.05, 3.63) is 60.2 Å². The smallest absolute Gasteiger partial charge is 0.307 e. The van der Waals surface area contributed by atoms with E-state index in [1.165, 1.54) is 0 Å². The first kappa shape index (κ1) is 19.8. The van der Waals surface area contributed by atoms with Gasteiger partial charge in [0.1, 0.15) is 5.75 Å². The van der Waals surface area contributed by atoms with Crippen molar-refractivity contribution in [1.82, 2.24) is 5.32 Å². The van der Waals surface area contributed by atoms with Crippen molar-refractivity contribution in [2.24, 2.45) is 0 Å². The number of esters is 1. The van der Waals surface area contributed by atoms with E-state index in [9.17, 15) is 9.59 Å². The molecule has 0 aliphatic carbocycles. The standard InChI is InChI=1S/C20H23NO4S/c1-15(20(23)21-14-16-8-10-17(24-2)11-9-16)25-19(22)12-13-26-18-6-4-3-5-7-18/h3-11,15H,12-14H2,1-2H3,(H,21,23)/t15-/m0/s1. The van der Waals surface area contributed by atoms with Crippen molar-refractivity contribution >= 4 is 23.6 Å². The van der Waals surface area contributed by atoms with Gasteiger partial charge in [0, 0.05) is 17.2 Å². The van der Waals surface area contributed by atoms with Gasteiger partial charge in [0.2, 0.25) is 0 Å². The van der Waals surface area contributed by atoms with Crippen molar-refractivity contribution in [2.45, 2.75) is 30.9 Å². The highest BCUT2D eigenvalue weighted by Crippen LogP contribution is 2.18. The number of carbonyl (C=O) groups excluding carboxylic acids is 2. The summed E-state index contributed by atoms with van der Waals surface area (Å²) in [6.45, 7) is 1.94. The predicted molar refractivity (Wildman–Crippen MR) is 102 cm³/mol. The summed E-state index contributed by atoms with van der Waals surface area (Å²) in [4.78, 5) is 25.0. The van der Waals surface area contributed by atoms with E-state index in [4.69, 9.17) is 9.47 Å². The molecular formula is C20H23NO4S. The molecule has 0 aromatic heterocycles. The van der Waals surface area contributed by atoms with Gasteiger partial charge in [0.05, 0.1) is 13.5 Å². The van der Waals surface area contributed by atoms with Gasteiger partial charge in [-0.15, -0.1) is 11.8 Å². The number of methoxy groups -OCH3 is 1. The van der Waals surface area contributed by atoms with Gasteiger partial charge in [-0.2, -0.15) is 0 Å². The minimum atomic E-state index is -0.817. The number of rotatable bonds is 9. The molecular weight excluding hydrogens is 350 g/mol. The van der Waals surface area contributed by atoms with E-state index in [0.29, 0.717) is 12.3 Å². The number of hydrogen-bond donors (Lipinski definition) is 1. The molecule has 2 aromatic rings. The van der Waals surface area contributed by atoms with Gasteiger partial charge >= 0.3 is 5.97 Å². The molecule has 0 spiro atoms. The average molecular weight is 373 g/mol. The number of amides is 1. The molecule has 138 valence electrons. The van der Waals surface area contributed by atoms with Crippen LogP contribution in [0.15, 0.2) is 59.5 Å². The van der Waals surface area contributed by atoms with E-state index in [1.54, 1.807) is 25.8 Å². The Labute approximate surface area is 158 Å². The summed E-state index contributed by atoms with van der Waals surface area (Å²) in [6.07, 6.45) is -0.558. The van der Waals surface area contributed by atoms with Gasteiger partial charge in [-0.1, -0.05) is 30.3 Å². The summed E-state index contributed by atoms with van der Waals surface area (Å²) in [7, 11) is 1.60. The van der Waals surface area contributed by atoms with Crippen molar-refractivity contribution < 1.29 is 19.1 Å². The van der Waals surface area contributed by atoms with Crippen LogP contribution in [0.1, 0.15) is 18.9 Å². The van der Waals surface area contributed by atoms with E-state index in [-0.39, 0.29) is 18.3 Å². The van der Waals surface area contributed by atoms with Gasteiger partial charge in [0.15, 0.2) is 6.10 Å². The molecule has 1 atom stereocenters. The summed E-state index contributed by atoms with van der Waals surface area (Å²) < 4.78 is 10.3. The SMILES string of the molecule is COc1ccc(CNC(=O)[C@H](C)OC(=O)CCSc2ccccc2)cc1. The minimum Gasteiger partial charge on any atom is -0.497 e. The molecule has 0 unspecified atom stereocenters. The van der Waals surface area contributed by atoms with Crippen LogP contribution in [0.2, 0.25) is 0 Å². The van der Waals surface area contributed by atoms with Crippen molar-refractivity contribution in [3.8, 4) is 5.75 Å². The number of ether oxygens (including phenoxy) is 2. The molecule has 0 aliphatic rings. The molecule has 2 aromatic carbocycles. The monoisotopic (exact) mass is 373 g/mol. The Bertz CT molecular complexity index is 704. The zero-order chi connectivity index (χ0) is 18.8. The van der Waals surface area contributed by atoms with E-state index in [2.05, 4.69) is 5.32 Å². The fourth-order valence-corrected chi connectivity index (χ4v) is 3.01. The first-order chi connectivity index (χ1) is 12.6. The van der Waals surface area contributed by atoms with E-state index < -0.39 is 6.10 Å². The van der Waals surface area contributed by atoms with Crippen molar-refractivity contribution in [2.75, 3.05) is 12.9 Å². The van der Waals surface area contributed by atoms with Crippen molar-refractivity contribution in [1.29, 1.82) is 0 Å². The summed E-state index contributed by atoms with van der Waals surface area (Å²) in [5.74, 6) is 0.685. The number of carbonyl (C=O) groups is 2. The number of nitrogens with one attached hydrogen (secondary N) is 1. The summed E-state index contributed by atoms with van der Waals surface area (Å²) in [6, 6.07) is 17.2. The third-order valence-corrected chi connectivity index (χ3v) is 4.64. The molecule has 0 saturated heterocycles. The second kappa shape index (κ2) is 10.5. The van der Waals surface area contributed by atoms with Crippen LogP contribution in [-0.4, -0.2) is 30.8 Å². The highest BCUT2D eigenvalue weighted by Gasteiger charge is 2.17. The Morgan fingerprint density at radius 3 is 2.42 bits per heavy atom. The van der Waals surface area contributed by atoms with Crippen LogP contribution >= 0.6 is 11.8 Å². The maximum absolute atomic E-state index is 12.1. The number of benzene rings is 2. The van der Waals surface area contributed by atoms with E-state index in [0.717, 1.165) is 16.2 Å². The van der Waals surface area contributed by atoms with Crippen LogP contribution in [0, 0.1) is 0 Å². The fraction of sp³-hybridized carbons (Fsp3) is 0.300.